The Morgan fingerprint density at radius 2 is 1.65 bits per heavy atom. The van der Waals surface area contributed by atoms with Crippen LogP contribution in [0.4, 0.5) is 0 Å². The van der Waals surface area contributed by atoms with Gasteiger partial charge in [-0.05, 0) is 19.8 Å². The van der Waals surface area contributed by atoms with Gasteiger partial charge in [0.15, 0.2) is 0 Å². The predicted molar refractivity (Wildman–Crippen MR) is 73.2 cm³/mol. The molecule has 0 fully saturated rings. The molecule has 0 heterocycles. The molecule has 0 aliphatic carbocycles. The monoisotopic (exact) mass is 260 g/mol. The number of carbonyl (C=O) groups is 2. The molecule has 0 spiro atoms. The first-order valence-electron chi connectivity index (χ1n) is 6.05. The Kier molecular flexibility index (Phi) is 7.27. The maximum Gasteiger partial charge on any atom is 0.242 e. The Balaban J connectivity index is 4.39. The lowest BCUT2D eigenvalue weighted by Crippen LogP contribution is -2.44. The van der Waals surface area contributed by atoms with Crippen molar-refractivity contribution in [3.63, 3.8) is 0 Å². The minimum Gasteiger partial charge on any atom is -0.342 e. The Labute approximate surface area is 110 Å². The molecule has 2 amide bonds. The van der Waals surface area contributed by atoms with Gasteiger partial charge in [-0.2, -0.15) is 12.6 Å². The van der Waals surface area contributed by atoms with Crippen molar-refractivity contribution in [3.05, 3.63) is 0 Å². The van der Waals surface area contributed by atoms with Gasteiger partial charge in [0, 0.05) is 20.1 Å². The van der Waals surface area contributed by atoms with E-state index >= 15 is 0 Å². The summed E-state index contributed by atoms with van der Waals surface area (Å²) in [6.07, 6.45) is 0. The minimum atomic E-state index is -0.343. The van der Waals surface area contributed by atoms with Crippen LogP contribution in [0.2, 0.25) is 0 Å². The summed E-state index contributed by atoms with van der Waals surface area (Å²) in [5.74, 6) is 0.0517. The molecule has 1 atom stereocenters. The SMILES string of the molecule is CCN(CC)C(=O)CN(C)C(=O)C(S)C(C)C. The summed E-state index contributed by atoms with van der Waals surface area (Å²) in [4.78, 5) is 26.9. The smallest absolute Gasteiger partial charge is 0.242 e. The summed E-state index contributed by atoms with van der Waals surface area (Å²) in [5.41, 5.74) is 0. The average Bonchev–Trinajstić information content (AvgIpc) is 2.28. The highest BCUT2D eigenvalue weighted by Crippen LogP contribution is 2.11. The van der Waals surface area contributed by atoms with E-state index in [9.17, 15) is 9.59 Å². The third kappa shape index (κ3) is 4.98. The van der Waals surface area contributed by atoms with Gasteiger partial charge < -0.3 is 9.80 Å². The van der Waals surface area contributed by atoms with Gasteiger partial charge in [0.1, 0.15) is 0 Å². The molecule has 5 heteroatoms. The van der Waals surface area contributed by atoms with Gasteiger partial charge in [-0.1, -0.05) is 13.8 Å². The average molecular weight is 260 g/mol. The molecule has 0 aromatic rings. The quantitative estimate of drug-likeness (QED) is 0.731. The summed E-state index contributed by atoms with van der Waals surface area (Å²) in [6.45, 7) is 9.21. The Morgan fingerprint density at radius 3 is 2.00 bits per heavy atom. The van der Waals surface area contributed by atoms with Crippen molar-refractivity contribution in [2.24, 2.45) is 5.92 Å². The molecule has 4 nitrogen and oxygen atoms in total. The molecule has 0 aliphatic rings. The largest absolute Gasteiger partial charge is 0.342 e. The van der Waals surface area contributed by atoms with Crippen molar-refractivity contribution in [3.8, 4) is 0 Å². The zero-order valence-electron chi connectivity index (χ0n) is 11.4. The van der Waals surface area contributed by atoms with Crippen LogP contribution >= 0.6 is 12.6 Å². The van der Waals surface area contributed by atoms with Crippen LogP contribution in [-0.2, 0) is 9.59 Å². The molecule has 17 heavy (non-hydrogen) atoms. The second-order valence-electron chi connectivity index (χ2n) is 4.45. The number of likely N-dealkylation sites (N-methyl/N-ethyl adjacent to an activating group) is 2. The fourth-order valence-electron chi connectivity index (χ4n) is 1.47. The lowest BCUT2D eigenvalue weighted by Gasteiger charge is -2.25. The third-order valence-corrected chi connectivity index (χ3v) is 3.57. The van der Waals surface area contributed by atoms with Crippen molar-refractivity contribution < 1.29 is 9.59 Å². The second-order valence-corrected chi connectivity index (χ2v) is 5.01. The van der Waals surface area contributed by atoms with E-state index < -0.39 is 0 Å². The lowest BCUT2D eigenvalue weighted by molar-refractivity contribution is -0.139. The van der Waals surface area contributed by atoms with Gasteiger partial charge in [-0.25, -0.2) is 0 Å². The van der Waals surface area contributed by atoms with E-state index in [0.717, 1.165) is 0 Å². The summed E-state index contributed by atoms with van der Waals surface area (Å²) in [5, 5.41) is -0.343. The van der Waals surface area contributed by atoms with Crippen LogP contribution in [0.15, 0.2) is 0 Å². The minimum absolute atomic E-state index is 0.0184. The highest BCUT2D eigenvalue weighted by Gasteiger charge is 2.23. The molecule has 0 bridgehead atoms. The van der Waals surface area contributed by atoms with Crippen LogP contribution in [-0.4, -0.2) is 53.5 Å². The van der Waals surface area contributed by atoms with Crippen LogP contribution in [0.5, 0.6) is 0 Å². The lowest BCUT2D eigenvalue weighted by atomic mass is 10.1. The van der Waals surface area contributed by atoms with Crippen molar-refractivity contribution in [2.45, 2.75) is 32.9 Å². The van der Waals surface area contributed by atoms with Crippen molar-refractivity contribution in [1.29, 1.82) is 0 Å². The standard InChI is InChI=1S/C12H24N2O2S/c1-6-14(7-2)10(15)8-13(5)12(16)11(17)9(3)4/h9,11,17H,6-8H2,1-5H3. The van der Waals surface area contributed by atoms with Crippen molar-refractivity contribution in [2.75, 3.05) is 26.7 Å². The maximum absolute atomic E-state index is 11.9. The zero-order valence-corrected chi connectivity index (χ0v) is 12.3. The van der Waals surface area contributed by atoms with Crippen LogP contribution in [0.3, 0.4) is 0 Å². The molecule has 0 aromatic heterocycles. The van der Waals surface area contributed by atoms with Gasteiger partial charge in [0.05, 0.1) is 11.8 Å². The first-order chi connectivity index (χ1) is 7.84. The van der Waals surface area contributed by atoms with Gasteiger partial charge in [0.2, 0.25) is 11.8 Å². The van der Waals surface area contributed by atoms with Crippen LogP contribution in [0.25, 0.3) is 0 Å². The van der Waals surface area contributed by atoms with Crippen LogP contribution in [0, 0.1) is 5.92 Å². The fraction of sp³-hybridized carbons (Fsp3) is 0.833. The van der Waals surface area contributed by atoms with Gasteiger partial charge in [-0.3, -0.25) is 9.59 Å². The highest BCUT2D eigenvalue weighted by atomic mass is 32.1. The topological polar surface area (TPSA) is 40.6 Å². The number of hydrogen-bond donors (Lipinski definition) is 1. The Bertz CT molecular complexity index is 265. The molecule has 0 aromatic carbocycles. The van der Waals surface area contributed by atoms with E-state index in [0.29, 0.717) is 13.1 Å². The molecule has 0 rings (SSSR count). The molecule has 100 valence electrons. The summed E-state index contributed by atoms with van der Waals surface area (Å²) < 4.78 is 0. The first kappa shape index (κ1) is 16.3. The van der Waals surface area contributed by atoms with E-state index in [2.05, 4.69) is 12.6 Å². The van der Waals surface area contributed by atoms with E-state index in [1.54, 1.807) is 11.9 Å². The van der Waals surface area contributed by atoms with E-state index in [1.165, 1.54) is 4.90 Å². The van der Waals surface area contributed by atoms with Crippen molar-refractivity contribution in [1.82, 2.24) is 9.80 Å². The van der Waals surface area contributed by atoms with E-state index in [1.807, 2.05) is 27.7 Å². The molecule has 0 radical (unpaired) electrons. The fourth-order valence-corrected chi connectivity index (χ4v) is 1.67. The van der Waals surface area contributed by atoms with Crippen LogP contribution < -0.4 is 0 Å². The normalized spacial score (nSPS) is 12.4. The van der Waals surface area contributed by atoms with E-state index in [4.69, 9.17) is 0 Å². The summed E-state index contributed by atoms with van der Waals surface area (Å²) in [7, 11) is 1.65. The second kappa shape index (κ2) is 7.58. The number of nitrogens with zero attached hydrogens (tertiary/aromatic N) is 2. The Morgan fingerprint density at radius 1 is 1.18 bits per heavy atom. The number of rotatable bonds is 6. The van der Waals surface area contributed by atoms with Gasteiger partial charge in [-0.15, -0.1) is 0 Å². The van der Waals surface area contributed by atoms with E-state index in [-0.39, 0.29) is 29.5 Å². The third-order valence-electron chi connectivity index (χ3n) is 2.75. The predicted octanol–water partition coefficient (Wildman–Crippen LogP) is 1.27. The number of carbonyl (C=O) groups excluding carboxylic acids is 2. The maximum atomic E-state index is 11.9. The number of amides is 2. The molecule has 1 unspecified atom stereocenters. The summed E-state index contributed by atoms with van der Waals surface area (Å²) >= 11 is 4.26. The zero-order chi connectivity index (χ0) is 13.6. The molecule has 0 aliphatic heterocycles. The van der Waals surface area contributed by atoms with Gasteiger partial charge in [0.25, 0.3) is 0 Å². The first-order valence-corrected chi connectivity index (χ1v) is 6.57. The molecular formula is C12H24N2O2S. The summed E-state index contributed by atoms with van der Waals surface area (Å²) in [6, 6.07) is 0. The van der Waals surface area contributed by atoms with Crippen LogP contribution in [0.1, 0.15) is 27.7 Å². The van der Waals surface area contributed by atoms with Crippen molar-refractivity contribution >= 4 is 24.4 Å². The molecule has 0 saturated heterocycles. The molecular weight excluding hydrogens is 236 g/mol. The highest BCUT2D eigenvalue weighted by molar-refractivity contribution is 7.81. The number of hydrogen-bond acceptors (Lipinski definition) is 3. The molecule has 0 saturated carbocycles. The Hall–Kier alpha value is -0.710. The van der Waals surface area contributed by atoms with Gasteiger partial charge >= 0.3 is 0 Å². The molecule has 0 N–H and O–H groups in total. The number of thiol groups is 1.